The van der Waals surface area contributed by atoms with Gasteiger partial charge in [-0.1, -0.05) is 54.6 Å². The molecule has 1 aromatic heterocycles. The Labute approximate surface area is 180 Å². The molecular weight excluding hydrogens is 386 g/mol. The molecule has 0 aliphatic carbocycles. The molecule has 3 aromatic carbocycles. The lowest BCUT2D eigenvalue weighted by atomic mass is 10.00. The third-order valence-electron chi connectivity index (χ3n) is 5.73. The van der Waals surface area contributed by atoms with Gasteiger partial charge in [-0.3, -0.25) is 0 Å². The number of ether oxygens (including phenoxy) is 2. The van der Waals surface area contributed by atoms with Crippen molar-refractivity contribution in [1.82, 2.24) is 9.78 Å². The molecule has 0 unspecified atom stereocenters. The highest BCUT2D eigenvalue weighted by atomic mass is 16.5. The Hall–Kier alpha value is -3.99. The summed E-state index contributed by atoms with van der Waals surface area (Å²) >= 11 is 0. The zero-order valence-electron chi connectivity index (χ0n) is 17.3. The van der Waals surface area contributed by atoms with Crippen molar-refractivity contribution < 1.29 is 9.47 Å². The van der Waals surface area contributed by atoms with Gasteiger partial charge < -0.3 is 14.8 Å². The van der Waals surface area contributed by atoms with E-state index in [0.717, 1.165) is 39.7 Å². The summed E-state index contributed by atoms with van der Waals surface area (Å²) in [4.78, 5) is 0. The van der Waals surface area contributed by atoms with Crippen molar-refractivity contribution in [3.05, 3.63) is 102 Å². The molecule has 3 heterocycles. The van der Waals surface area contributed by atoms with Crippen molar-refractivity contribution >= 4 is 5.69 Å². The van der Waals surface area contributed by atoms with Gasteiger partial charge in [0.25, 0.3) is 0 Å². The first-order valence-corrected chi connectivity index (χ1v) is 10.3. The van der Waals surface area contributed by atoms with Crippen LogP contribution in [0.1, 0.15) is 18.2 Å². The smallest absolute Gasteiger partial charge is 0.237 e. The first-order valence-electron chi connectivity index (χ1n) is 10.3. The second kappa shape index (κ2) is 6.51. The van der Waals surface area contributed by atoms with E-state index in [1.54, 1.807) is 0 Å². The van der Waals surface area contributed by atoms with Gasteiger partial charge in [-0.15, -0.1) is 0 Å². The van der Waals surface area contributed by atoms with Crippen LogP contribution in [0.15, 0.2) is 90.7 Å². The number of para-hydroxylation sites is 1. The number of nitrogens with one attached hydrogen (secondary N) is 1. The molecule has 0 saturated heterocycles. The molecule has 152 valence electrons. The number of allylic oxidation sites excluding steroid dienone is 1. The van der Waals surface area contributed by atoms with Crippen molar-refractivity contribution in [3.8, 4) is 28.4 Å². The van der Waals surface area contributed by atoms with Crippen LogP contribution in [-0.2, 0) is 5.72 Å². The van der Waals surface area contributed by atoms with Crippen molar-refractivity contribution in [2.45, 2.75) is 19.6 Å². The summed E-state index contributed by atoms with van der Waals surface area (Å²) in [5.74, 6) is 2.24. The van der Waals surface area contributed by atoms with E-state index in [4.69, 9.17) is 14.6 Å². The molecule has 31 heavy (non-hydrogen) atoms. The second-order valence-corrected chi connectivity index (χ2v) is 7.91. The molecule has 0 radical (unpaired) electrons. The third-order valence-corrected chi connectivity index (χ3v) is 5.73. The predicted octanol–water partition coefficient (Wildman–Crippen LogP) is 5.80. The number of hydrogen-bond acceptors (Lipinski definition) is 4. The van der Waals surface area contributed by atoms with Gasteiger partial charge in [-0.2, -0.15) is 5.10 Å². The van der Waals surface area contributed by atoms with E-state index in [1.165, 1.54) is 5.56 Å². The molecule has 5 heteroatoms. The molecule has 0 bridgehead atoms. The number of nitrogens with zero attached hydrogens (tertiary/aromatic N) is 2. The highest BCUT2D eigenvalue weighted by Gasteiger charge is 2.47. The van der Waals surface area contributed by atoms with E-state index in [2.05, 4.69) is 29.6 Å². The van der Waals surface area contributed by atoms with E-state index in [1.807, 2.05) is 79.2 Å². The number of aryl methyl sites for hydroxylation is 1. The molecule has 1 atom stereocenters. The van der Waals surface area contributed by atoms with Gasteiger partial charge >= 0.3 is 0 Å². The van der Waals surface area contributed by atoms with Crippen LogP contribution in [0.4, 0.5) is 5.69 Å². The molecule has 5 nitrogen and oxygen atoms in total. The Kier molecular flexibility index (Phi) is 3.74. The minimum absolute atomic E-state index is 0.673. The standard InChI is InChI=1S/C26H21N3O2/c1-17-16-26(24-18(2)28-29(25(24)30-17)21-11-7-4-8-12-21)27-22-15-20(13-14-23(22)31-26)19-9-5-3-6-10-19/h3-16,27H,1-2H3/t26-/m1/s1. The minimum Gasteiger partial charge on any atom is -0.458 e. The first-order chi connectivity index (χ1) is 15.1. The van der Waals surface area contributed by atoms with Gasteiger partial charge in [0.05, 0.1) is 17.1 Å². The number of aromatic nitrogens is 2. The summed E-state index contributed by atoms with van der Waals surface area (Å²) in [6.45, 7) is 3.92. The summed E-state index contributed by atoms with van der Waals surface area (Å²) in [6.07, 6.45) is 1.99. The van der Waals surface area contributed by atoms with E-state index < -0.39 is 5.72 Å². The van der Waals surface area contributed by atoms with Crippen molar-refractivity contribution in [3.63, 3.8) is 0 Å². The van der Waals surface area contributed by atoms with Crippen LogP contribution < -0.4 is 14.8 Å². The van der Waals surface area contributed by atoms with Crippen LogP contribution in [0.25, 0.3) is 16.8 Å². The Morgan fingerprint density at radius 2 is 1.61 bits per heavy atom. The lowest BCUT2D eigenvalue weighted by Crippen LogP contribution is -2.38. The lowest BCUT2D eigenvalue weighted by Gasteiger charge is -2.31. The maximum Gasteiger partial charge on any atom is 0.237 e. The van der Waals surface area contributed by atoms with E-state index in [0.29, 0.717) is 5.88 Å². The molecule has 1 spiro atoms. The molecule has 6 rings (SSSR count). The highest BCUT2D eigenvalue weighted by Crippen LogP contribution is 2.50. The van der Waals surface area contributed by atoms with Crippen LogP contribution in [-0.4, -0.2) is 9.78 Å². The number of fused-ring (bicyclic) bond motifs is 3. The first kappa shape index (κ1) is 17.8. The van der Waals surface area contributed by atoms with Gasteiger partial charge in [-0.25, -0.2) is 4.68 Å². The van der Waals surface area contributed by atoms with Crippen LogP contribution in [0.3, 0.4) is 0 Å². The Morgan fingerprint density at radius 1 is 0.871 bits per heavy atom. The molecule has 2 aliphatic heterocycles. The molecule has 2 aliphatic rings. The number of hydrogen-bond donors (Lipinski definition) is 1. The molecule has 1 N–H and O–H groups in total. The van der Waals surface area contributed by atoms with Crippen LogP contribution in [0.5, 0.6) is 11.6 Å². The molecule has 0 amide bonds. The Balaban J connectivity index is 1.46. The van der Waals surface area contributed by atoms with Gasteiger partial charge in [-0.05, 0) is 49.2 Å². The molecule has 0 fully saturated rings. The average molecular weight is 407 g/mol. The second-order valence-electron chi connectivity index (χ2n) is 7.91. The SMILES string of the molecule is CC1=C[C@]2(Nc3cc(-c4ccccc4)ccc3O2)c2c(C)nn(-c3ccccc3)c2O1. The number of benzene rings is 3. The van der Waals surface area contributed by atoms with Gasteiger partial charge in [0.15, 0.2) is 0 Å². The fourth-order valence-corrected chi connectivity index (χ4v) is 4.42. The van der Waals surface area contributed by atoms with Gasteiger partial charge in [0, 0.05) is 6.08 Å². The third kappa shape index (κ3) is 2.74. The van der Waals surface area contributed by atoms with Crippen LogP contribution >= 0.6 is 0 Å². The maximum atomic E-state index is 6.53. The summed E-state index contributed by atoms with van der Waals surface area (Å²) in [6, 6.07) is 26.6. The maximum absolute atomic E-state index is 6.53. The number of rotatable bonds is 2. The van der Waals surface area contributed by atoms with Gasteiger partial charge in [0.1, 0.15) is 17.1 Å². The largest absolute Gasteiger partial charge is 0.458 e. The highest BCUT2D eigenvalue weighted by molar-refractivity contribution is 5.75. The number of anilines is 1. The topological polar surface area (TPSA) is 48.3 Å². The van der Waals surface area contributed by atoms with Crippen LogP contribution in [0, 0.1) is 6.92 Å². The van der Waals surface area contributed by atoms with Crippen molar-refractivity contribution in [2.75, 3.05) is 5.32 Å². The fourth-order valence-electron chi connectivity index (χ4n) is 4.42. The van der Waals surface area contributed by atoms with Crippen molar-refractivity contribution in [1.29, 1.82) is 0 Å². The normalized spacial score (nSPS) is 18.5. The average Bonchev–Trinajstić information content (AvgIpc) is 3.31. The van der Waals surface area contributed by atoms with E-state index in [9.17, 15) is 0 Å². The Morgan fingerprint density at radius 3 is 2.39 bits per heavy atom. The lowest BCUT2D eigenvalue weighted by molar-refractivity contribution is 0.153. The van der Waals surface area contributed by atoms with Gasteiger partial charge in [0.2, 0.25) is 11.6 Å². The fraction of sp³-hybridized carbons (Fsp3) is 0.115. The monoisotopic (exact) mass is 407 g/mol. The zero-order valence-corrected chi connectivity index (χ0v) is 17.3. The summed E-state index contributed by atoms with van der Waals surface area (Å²) in [7, 11) is 0. The van der Waals surface area contributed by atoms with Crippen molar-refractivity contribution in [2.24, 2.45) is 0 Å². The van der Waals surface area contributed by atoms with Crippen LogP contribution in [0.2, 0.25) is 0 Å². The quantitative estimate of drug-likeness (QED) is 0.456. The van der Waals surface area contributed by atoms with E-state index in [-0.39, 0.29) is 0 Å². The zero-order chi connectivity index (χ0) is 21.0. The summed E-state index contributed by atoms with van der Waals surface area (Å²) in [5.41, 5.74) is 5.08. The molecular formula is C26H21N3O2. The summed E-state index contributed by atoms with van der Waals surface area (Å²) < 4.78 is 14.5. The molecule has 0 saturated carbocycles. The molecule has 4 aromatic rings. The Bertz CT molecular complexity index is 1330. The minimum atomic E-state index is -0.855. The van der Waals surface area contributed by atoms with E-state index >= 15 is 0 Å². The predicted molar refractivity (Wildman–Crippen MR) is 120 cm³/mol. The summed E-state index contributed by atoms with van der Waals surface area (Å²) in [5, 5.41) is 8.40.